The summed E-state index contributed by atoms with van der Waals surface area (Å²) in [4.78, 5) is 20.6. The molecule has 1 aromatic rings. The van der Waals surface area contributed by atoms with Crippen LogP contribution in [-0.2, 0) is 4.79 Å². The fourth-order valence-electron chi connectivity index (χ4n) is 2.55. The van der Waals surface area contributed by atoms with Crippen molar-refractivity contribution in [3.63, 3.8) is 0 Å². The number of rotatable bonds is 2. The zero-order valence-corrected chi connectivity index (χ0v) is 13.7. The average Bonchev–Trinajstić information content (AvgIpc) is 3.01. The summed E-state index contributed by atoms with van der Waals surface area (Å²) in [6, 6.07) is 1.67. The molecule has 0 bridgehead atoms. The smallest absolute Gasteiger partial charge is 0.240 e. The molecule has 21 heavy (non-hydrogen) atoms. The summed E-state index contributed by atoms with van der Waals surface area (Å²) in [5.74, 6) is 2.67. The average molecular weight is 347 g/mol. The summed E-state index contributed by atoms with van der Waals surface area (Å²) >= 11 is 13.8. The molecule has 1 atom stereocenters. The van der Waals surface area contributed by atoms with Crippen LogP contribution in [0.4, 0.5) is 5.82 Å². The number of halogens is 2. The molecule has 2 aliphatic rings. The number of anilines is 1. The normalized spacial score (nSPS) is 22.7. The maximum Gasteiger partial charge on any atom is 0.240 e. The third-order valence-corrected chi connectivity index (χ3v) is 5.12. The minimum absolute atomic E-state index is 0.0289. The molecule has 0 aromatic carbocycles. The van der Waals surface area contributed by atoms with Gasteiger partial charge in [0.2, 0.25) is 5.91 Å². The standard InChI is InChI=1S/C13H16Cl2N4OS/c14-9-5-10(15)12(16-6-9)18-1-3-19(4-2-18)13(20)11-7-21-8-17-11/h5-6,11,17H,1-4,7-8H2/t11-/m1/s1. The Balaban J connectivity index is 1.60. The number of piperazine rings is 1. The Morgan fingerprint density at radius 3 is 2.71 bits per heavy atom. The summed E-state index contributed by atoms with van der Waals surface area (Å²) in [5, 5.41) is 4.30. The van der Waals surface area contributed by atoms with Crippen LogP contribution in [0, 0.1) is 0 Å². The first-order valence-electron chi connectivity index (χ1n) is 6.81. The van der Waals surface area contributed by atoms with E-state index in [1.807, 2.05) is 4.90 Å². The Bertz CT molecular complexity index is 531. The second kappa shape index (κ2) is 6.60. The van der Waals surface area contributed by atoms with Gasteiger partial charge in [-0.3, -0.25) is 10.1 Å². The molecule has 114 valence electrons. The van der Waals surface area contributed by atoms with Crippen LogP contribution in [0.1, 0.15) is 0 Å². The van der Waals surface area contributed by atoms with Crippen molar-refractivity contribution in [2.75, 3.05) is 42.7 Å². The topological polar surface area (TPSA) is 48.5 Å². The van der Waals surface area contributed by atoms with Gasteiger partial charge in [-0.05, 0) is 6.07 Å². The van der Waals surface area contributed by atoms with E-state index >= 15 is 0 Å². The van der Waals surface area contributed by atoms with Crippen molar-refractivity contribution >= 4 is 46.7 Å². The fourth-order valence-corrected chi connectivity index (χ4v) is 3.99. The maximum atomic E-state index is 12.3. The number of hydrogen-bond acceptors (Lipinski definition) is 5. The molecule has 1 amide bonds. The van der Waals surface area contributed by atoms with E-state index < -0.39 is 0 Å². The molecule has 3 heterocycles. The van der Waals surface area contributed by atoms with Gasteiger partial charge in [0, 0.05) is 44.0 Å². The van der Waals surface area contributed by atoms with Gasteiger partial charge < -0.3 is 9.80 Å². The molecule has 0 saturated carbocycles. The zero-order valence-electron chi connectivity index (χ0n) is 11.4. The minimum Gasteiger partial charge on any atom is -0.352 e. The summed E-state index contributed by atoms with van der Waals surface area (Å²) in [7, 11) is 0. The molecule has 5 nitrogen and oxygen atoms in total. The summed E-state index contributed by atoms with van der Waals surface area (Å²) in [6.45, 7) is 2.87. The Labute approximate surface area is 138 Å². The molecule has 0 spiro atoms. The van der Waals surface area contributed by atoms with E-state index in [1.54, 1.807) is 24.0 Å². The number of pyridine rings is 1. The number of carbonyl (C=O) groups is 1. The number of hydrogen-bond donors (Lipinski definition) is 1. The first-order chi connectivity index (χ1) is 10.1. The van der Waals surface area contributed by atoms with Crippen LogP contribution in [0.3, 0.4) is 0 Å². The van der Waals surface area contributed by atoms with E-state index in [9.17, 15) is 4.79 Å². The largest absolute Gasteiger partial charge is 0.352 e. The number of aromatic nitrogens is 1. The Morgan fingerprint density at radius 1 is 1.33 bits per heavy atom. The summed E-state index contributed by atoms with van der Waals surface area (Å²) in [5.41, 5.74) is 0. The van der Waals surface area contributed by atoms with Gasteiger partial charge in [-0.2, -0.15) is 0 Å². The third kappa shape index (κ3) is 3.39. The van der Waals surface area contributed by atoms with Crippen LogP contribution in [0.5, 0.6) is 0 Å². The van der Waals surface area contributed by atoms with Crippen LogP contribution in [0.15, 0.2) is 12.3 Å². The predicted octanol–water partition coefficient (Wildman–Crippen LogP) is 1.70. The minimum atomic E-state index is -0.0289. The van der Waals surface area contributed by atoms with E-state index in [4.69, 9.17) is 23.2 Å². The highest BCUT2D eigenvalue weighted by molar-refractivity contribution is 7.99. The van der Waals surface area contributed by atoms with Crippen molar-refractivity contribution in [1.82, 2.24) is 15.2 Å². The summed E-state index contributed by atoms with van der Waals surface area (Å²) in [6.07, 6.45) is 1.60. The lowest BCUT2D eigenvalue weighted by Crippen LogP contribution is -2.53. The highest BCUT2D eigenvalue weighted by atomic mass is 35.5. The lowest BCUT2D eigenvalue weighted by molar-refractivity contribution is -0.132. The number of nitrogens with one attached hydrogen (secondary N) is 1. The van der Waals surface area contributed by atoms with E-state index in [2.05, 4.69) is 15.2 Å². The highest BCUT2D eigenvalue weighted by Crippen LogP contribution is 2.27. The van der Waals surface area contributed by atoms with Gasteiger partial charge in [-0.1, -0.05) is 23.2 Å². The van der Waals surface area contributed by atoms with Crippen LogP contribution in [0.25, 0.3) is 0 Å². The molecule has 8 heteroatoms. The van der Waals surface area contributed by atoms with E-state index in [0.717, 1.165) is 30.5 Å². The second-order valence-electron chi connectivity index (χ2n) is 5.04. The summed E-state index contributed by atoms with van der Waals surface area (Å²) < 4.78 is 0. The van der Waals surface area contributed by atoms with Crippen LogP contribution < -0.4 is 10.2 Å². The molecule has 2 saturated heterocycles. The lowest BCUT2D eigenvalue weighted by Gasteiger charge is -2.36. The number of amides is 1. The number of nitrogens with zero attached hydrogens (tertiary/aromatic N) is 3. The second-order valence-corrected chi connectivity index (χ2v) is 6.92. The van der Waals surface area contributed by atoms with Crippen LogP contribution in [-0.4, -0.2) is 59.6 Å². The molecular weight excluding hydrogens is 331 g/mol. The quantitative estimate of drug-likeness (QED) is 0.883. The predicted molar refractivity (Wildman–Crippen MR) is 87.3 cm³/mol. The van der Waals surface area contributed by atoms with E-state index in [-0.39, 0.29) is 11.9 Å². The van der Waals surface area contributed by atoms with Gasteiger partial charge in [0.25, 0.3) is 0 Å². The molecule has 0 aliphatic carbocycles. The molecule has 1 N–H and O–H groups in total. The van der Waals surface area contributed by atoms with Crippen molar-refractivity contribution < 1.29 is 4.79 Å². The SMILES string of the molecule is O=C([C@H]1CSCN1)N1CCN(c2ncc(Cl)cc2Cl)CC1. The Kier molecular flexibility index (Phi) is 4.78. The third-order valence-electron chi connectivity index (χ3n) is 3.69. The highest BCUT2D eigenvalue weighted by Gasteiger charge is 2.30. The van der Waals surface area contributed by atoms with Crippen molar-refractivity contribution in [3.05, 3.63) is 22.3 Å². The Hall–Kier alpha value is -0.690. The molecule has 1 aromatic heterocycles. The van der Waals surface area contributed by atoms with Crippen LogP contribution >= 0.6 is 35.0 Å². The molecular formula is C13H16Cl2N4OS. The van der Waals surface area contributed by atoms with Gasteiger partial charge in [0.05, 0.1) is 16.1 Å². The Morgan fingerprint density at radius 2 is 2.10 bits per heavy atom. The van der Waals surface area contributed by atoms with Crippen molar-refractivity contribution in [2.24, 2.45) is 0 Å². The lowest BCUT2D eigenvalue weighted by atomic mass is 10.2. The monoisotopic (exact) mass is 346 g/mol. The first-order valence-corrected chi connectivity index (χ1v) is 8.72. The molecule has 2 aliphatic heterocycles. The maximum absolute atomic E-state index is 12.3. The van der Waals surface area contributed by atoms with Gasteiger partial charge in [0.15, 0.2) is 0 Å². The zero-order chi connectivity index (χ0) is 14.8. The first kappa shape index (κ1) is 15.2. The van der Waals surface area contributed by atoms with Gasteiger partial charge in [-0.25, -0.2) is 4.98 Å². The van der Waals surface area contributed by atoms with Crippen molar-refractivity contribution in [2.45, 2.75) is 6.04 Å². The van der Waals surface area contributed by atoms with E-state index in [1.165, 1.54) is 0 Å². The molecule has 0 unspecified atom stereocenters. The fraction of sp³-hybridized carbons (Fsp3) is 0.538. The van der Waals surface area contributed by atoms with Gasteiger partial charge >= 0.3 is 0 Å². The van der Waals surface area contributed by atoms with Crippen LogP contribution in [0.2, 0.25) is 10.0 Å². The molecule has 2 fully saturated rings. The number of carbonyl (C=O) groups excluding carboxylic acids is 1. The van der Waals surface area contributed by atoms with E-state index in [0.29, 0.717) is 23.1 Å². The van der Waals surface area contributed by atoms with Crippen molar-refractivity contribution in [1.29, 1.82) is 0 Å². The molecule has 0 radical (unpaired) electrons. The van der Waals surface area contributed by atoms with Crippen molar-refractivity contribution in [3.8, 4) is 0 Å². The number of thioether (sulfide) groups is 1. The van der Waals surface area contributed by atoms with Gasteiger partial charge in [0.1, 0.15) is 5.82 Å². The molecule has 3 rings (SSSR count). The van der Waals surface area contributed by atoms with Gasteiger partial charge in [-0.15, -0.1) is 11.8 Å².